The van der Waals surface area contributed by atoms with Crippen LogP contribution >= 0.6 is 23.4 Å². The van der Waals surface area contributed by atoms with E-state index in [9.17, 15) is 0 Å². The summed E-state index contributed by atoms with van der Waals surface area (Å²) in [7, 11) is 0. The van der Waals surface area contributed by atoms with Gasteiger partial charge >= 0.3 is 0 Å². The van der Waals surface area contributed by atoms with Crippen molar-refractivity contribution in [3.63, 3.8) is 0 Å². The van der Waals surface area contributed by atoms with E-state index in [1.807, 2.05) is 41.0 Å². The van der Waals surface area contributed by atoms with Crippen LogP contribution in [0.3, 0.4) is 0 Å². The van der Waals surface area contributed by atoms with Crippen molar-refractivity contribution in [2.24, 2.45) is 0 Å². The number of hydrogen-bond donors (Lipinski definition) is 0. The van der Waals surface area contributed by atoms with Gasteiger partial charge in [0.2, 0.25) is 0 Å². The molecule has 5 rings (SSSR count). The molecule has 0 amide bonds. The van der Waals surface area contributed by atoms with Crippen LogP contribution in [0.4, 0.5) is 0 Å². The Bertz CT molecular complexity index is 1300. The standard InChI is InChI=1S/C23H20ClN5OS/c1-16(31-23-27-25-15-28(23)14-19-8-5-11-30-19)22-26-20-12-18(24)9-10-21(20)29(22)13-17-6-3-2-4-7-17/h2-12,15-16H,13-14H2,1H3. The van der Waals surface area contributed by atoms with Crippen LogP contribution in [0.5, 0.6) is 0 Å². The normalized spacial score (nSPS) is 12.5. The molecule has 0 aliphatic rings. The van der Waals surface area contributed by atoms with E-state index < -0.39 is 0 Å². The number of hydrogen-bond acceptors (Lipinski definition) is 5. The van der Waals surface area contributed by atoms with E-state index in [0.29, 0.717) is 11.6 Å². The molecule has 5 aromatic rings. The van der Waals surface area contributed by atoms with E-state index in [2.05, 4.69) is 46.0 Å². The molecule has 0 saturated carbocycles. The quantitative estimate of drug-likeness (QED) is 0.293. The molecule has 31 heavy (non-hydrogen) atoms. The first kappa shape index (κ1) is 19.9. The molecule has 0 N–H and O–H groups in total. The number of halogens is 1. The van der Waals surface area contributed by atoms with E-state index in [1.165, 1.54) is 5.56 Å². The molecule has 0 saturated heterocycles. The van der Waals surface area contributed by atoms with Crippen molar-refractivity contribution >= 4 is 34.4 Å². The van der Waals surface area contributed by atoms with Gasteiger partial charge in [0.25, 0.3) is 0 Å². The van der Waals surface area contributed by atoms with Gasteiger partial charge in [0.1, 0.15) is 17.9 Å². The maximum absolute atomic E-state index is 6.24. The van der Waals surface area contributed by atoms with Crippen LogP contribution in [-0.2, 0) is 13.1 Å². The van der Waals surface area contributed by atoms with Crippen LogP contribution in [0.2, 0.25) is 5.02 Å². The number of nitrogens with zero attached hydrogens (tertiary/aromatic N) is 5. The van der Waals surface area contributed by atoms with E-state index in [4.69, 9.17) is 21.0 Å². The van der Waals surface area contributed by atoms with Crippen molar-refractivity contribution < 1.29 is 4.42 Å². The first-order valence-corrected chi connectivity index (χ1v) is 11.2. The van der Waals surface area contributed by atoms with Crippen molar-refractivity contribution in [1.29, 1.82) is 0 Å². The maximum Gasteiger partial charge on any atom is 0.192 e. The lowest BCUT2D eigenvalue weighted by atomic mass is 10.2. The van der Waals surface area contributed by atoms with Gasteiger partial charge in [-0.3, -0.25) is 0 Å². The van der Waals surface area contributed by atoms with Crippen molar-refractivity contribution in [1.82, 2.24) is 24.3 Å². The number of rotatable bonds is 7. The summed E-state index contributed by atoms with van der Waals surface area (Å²) in [6, 6.07) is 20.1. The number of fused-ring (bicyclic) bond motifs is 1. The van der Waals surface area contributed by atoms with E-state index in [1.54, 1.807) is 24.4 Å². The third-order valence-corrected chi connectivity index (χ3v) is 6.38. The van der Waals surface area contributed by atoms with Crippen molar-refractivity contribution in [2.45, 2.75) is 30.4 Å². The highest BCUT2D eigenvalue weighted by molar-refractivity contribution is 7.99. The largest absolute Gasteiger partial charge is 0.467 e. The van der Waals surface area contributed by atoms with Crippen molar-refractivity contribution in [3.8, 4) is 0 Å². The fraction of sp³-hybridized carbons (Fsp3) is 0.174. The van der Waals surface area contributed by atoms with E-state index in [-0.39, 0.29) is 5.25 Å². The summed E-state index contributed by atoms with van der Waals surface area (Å²) < 4.78 is 9.72. The lowest BCUT2D eigenvalue weighted by molar-refractivity contribution is 0.484. The van der Waals surface area contributed by atoms with Gasteiger partial charge in [0, 0.05) is 11.6 Å². The van der Waals surface area contributed by atoms with Crippen LogP contribution in [0.1, 0.15) is 29.3 Å². The van der Waals surface area contributed by atoms with Gasteiger partial charge in [-0.05, 0) is 42.8 Å². The lowest BCUT2D eigenvalue weighted by Gasteiger charge is -2.15. The molecule has 1 atom stereocenters. The molecular weight excluding hydrogens is 430 g/mol. The summed E-state index contributed by atoms with van der Waals surface area (Å²) >= 11 is 7.87. The molecular formula is C23H20ClN5OS. The Balaban J connectivity index is 1.48. The van der Waals surface area contributed by atoms with Crippen molar-refractivity contribution in [3.05, 3.63) is 95.4 Å². The van der Waals surface area contributed by atoms with Gasteiger partial charge in [-0.2, -0.15) is 0 Å². The highest BCUT2D eigenvalue weighted by Crippen LogP contribution is 2.35. The minimum Gasteiger partial charge on any atom is -0.467 e. The van der Waals surface area contributed by atoms with Gasteiger partial charge in [-0.15, -0.1) is 10.2 Å². The molecule has 0 aliphatic heterocycles. The Kier molecular flexibility index (Phi) is 5.53. The lowest BCUT2D eigenvalue weighted by Crippen LogP contribution is -2.08. The Morgan fingerprint density at radius 3 is 2.74 bits per heavy atom. The second-order valence-electron chi connectivity index (χ2n) is 7.26. The molecule has 3 aromatic heterocycles. The second kappa shape index (κ2) is 8.61. The average molecular weight is 450 g/mol. The summed E-state index contributed by atoms with van der Waals surface area (Å²) in [5.41, 5.74) is 3.17. The van der Waals surface area contributed by atoms with Crippen LogP contribution in [0, 0.1) is 0 Å². The first-order chi connectivity index (χ1) is 15.2. The number of imidazole rings is 1. The minimum atomic E-state index is 0.0504. The van der Waals surface area contributed by atoms with E-state index in [0.717, 1.165) is 34.3 Å². The fourth-order valence-corrected chi connectivity index (χ4v) is 4.70. The van der Waals surface area contributed by atoms with Crippen LogP contribution < -0.4 is 0 Å². The summed E-state index contributed by atoms with van der Waals surface area (Å²) in [6.07, 6.45) is 3.40. The molecule has 156 valence electrons. The summed E-state index contributed by atoms with van der Waals surface area (Å²) in [4.78, 5) is 4.94. The smallest absolute Gasteiger partial charge is 0.192 e. The molecule has 0 aliphatic carbocycles. The van der Waals surface area contributed by atoms with Gasteiger partial charge < -0.3 is 13.6 Å². The Morgan fingerprint density at radius 2 is 1.94 bits per heavy atom. The molecule has 1 unspecified atom stereocenters. The molecule has 0 spiro atoms. The number of benzene rings is 2. The van der Waals surface area contributed by atoms with Crippen molar-refractivity contribution in [2.75, 3.05) is 0 Å². The summed E-state index contributed by atoms with van der Waals surface area (Å²) in [6.45, 7) is 3.46. The van der Waals surface area contributed by atoms with Gasteiger partial charge in [-0.1, -0.05) is 53.7 Å². The number of aromatic nitrogens is 5. The van der Waals surface area contributed by atoms with Gasteiger partial charge in [0.05, 0.1) is 29.1 Å². The zero-order valence-corrected chi connectivity index (χ0v) is 18.4. The molecule has 0 bridgehead atoms. The molecule has 0 radical (unpaired) electrons. The molecule has 8 heteroatoms. The highest BCUT2D eigenvalue weighted by atomic mass is 35.5. The summed E-state index contributed by atoms with van der Waals surface area (Å²) in [5, 5.41) is 9.97. The Hall–Kier alpha value is -3.03. The molecule has 6 nitrogen and oxygen atoms in total. The number of furan rings is 1. The Morgan fingerprint density at radius 1 is 1.06 bits per heavy atom. The predicted octanol–water partition coefficient (Wildman–Crippen LogP) is 5.82. The zero-order valence-electron chi connectivity index (χ0n) is 16.9. The number of thioether (sulfide) groups is 1. The maximum atomic E-state index is 6.24. The molecule has 3 heterocycles. The monoisotopic (exact) mass is 449 g/mol. The minimum absolute atomic E-state index is 0.0504. The van der Waals surface area contributed by atoms with Crippen LogP contribution in [-0.4, -0.2) is 24.3 Å². The van der Waals surface area contributed by atoms with Crippen LogP contribution in [0.25, 0.3) is 11.0 Å². The SMILES string of the molecule is CC(Sc1nncn1Cc1ccco1)c1nc2cc(Cl)ccc2n1Cc1ccccc1. The fourth-order valence-electron chi connectivity index (χ4n) is 3.59. The second-order valence-corrected chi connectivity index (χ2v) is 9.00. The van der Waals surface area contributed by atoms with Gasteiger partial charge in [0.15, 0.2) is 5.16 Å². The third kappa shape index (κ3) is 4.24. The topological polar surface area (TPSA) is 61.7 Å². The predicted molar refractivity (Wildman–Crippen MR) is 122 cm³/mol. The summed E-state index contributed by atoms with van der Waals surface area (Å²) in [5.74, 6) is 1.83. The molecule has 2 aromatic carbocycles. The zero-order chi connectivity index (χ0) is 21.2. The first-order valence-electron chi connectivity index (χ1n) is 9.94. The third-order valence-electron chi connectivity index (χ3n) is 5.06. The van der Waals surface area contributed by atoms with Crippen LogP contribution in [0.15, 0.2) is 82.8 Å². The molecule has 0 fully saturated rings. The average Bonchev–Trinajstić information content (AvgIpc) is 3.51. The van der Waals surface area contributed by atoms with E-state index >= 15 is 0 Å². The Labute approximate surface area is 188 Å². The van der Waals surface area contributed by atoms with Gasteiger partial charge in [-0.25, -0.2) is 4.98 Å². The highest BCUT2D eigenvalue weighted by Gasteiger charge is 2.21.